The Bertz CT molecular complexity index is 1160. The third-order valence-corrected chi connectivity index (χ3v) is 6.74. The third-order valence-electron chi connectivity index (χ3n) is 6.74. The Labute approximate surface area is 202 Å². The SMILES string of the molecule is COc1ccccc1Cc1ccc2c(c1)[C@H](NC(=O)[C@@H](N)Cc1c(C)cc(C)cc1C)CCN2. The Kier molecular flexibility index (Phi) is 7.23. The zero-order valence-corrected chi connectivity index (χ0v) is 20.6. The van der Waals surface area contributed by atoms with E-state index < -0.39 is 6.04 Å². The Morgan fingerprint density at radius 2 is 1.85 bits per heavy atom. The first-order chi connectivity index (χ1) is 16.4. The number of nitrogens with two attached hydrogens (primary N) is 1. The first kappa shape index (κ1) is 23.8. The van der Waals surface area contributed by atoms with Crippen molar-refractivity contribution >= 4 is 11.6 Å². The lowest BCUT2D eigenvalue weighted by Crippen LogP contribution is -2.44. The molecule has 4 rings (SSSR count). The first-order valence-corrected chi connectivity index (χ1v) is 12.0. The van der Waals surface area contributed by atoms with Crippen molar-refractivity contribution in [2.45, 2.75) is 52.1 Å². The lowest BCUT2D eigenvalue weighted by Gasteiger charge is -2.29. The standard InChI is InChI=1S/C29H35N3O2/c1-18-13-19(2)23(20(3)14-18)17-25(30)29(33)32-27-11-12-31-26-10-9-21(16-24(26)27)15-22-7-5-6-8-28(22)34-4/h5-10,13-14,16,25,27,31H,11-12,15,17,30H2,1-4H3,(H,32,33)/t25-,27+/m0/s1. The summed E-state index contributed by atoms with van der Waals surface area (Å²) in [6.07, 6.45) is 2.13. The third kappa shape index (κ3) is 5.26. The fraction of sp³-hybridized carbons (Fsp3) is 0.345. The predicted octanol–water partition coefficient (Wildman–Crippen LogP) is 4.75. The zero-order valence-electron chi connectivity index (χ0n) is 20.6. The van der Waals surface area contributed by atoms with Crippen molar-refractivity contribution in [1.29, 1.82) is 0 Å². The maximum Gasteiger partial charge on any atom is 0.237 e. The average molecular weight is 458 g/mol. The van der Waals surface area contributed by atoms with Crippen LogP contribution < -0.4 is 21.1 Å². The summed E-state index contributed by atoms with van der Waals surface area (Å²) in [6, 6.07) is 18.2. The largest absolute Gasteiger partial charge is 0.496 e. The molecule has 3 aromatic rings. The van der Waals surface area contributed by atoms with Gasteiger partial charge in [0.05, 0.1) is 19.2 Å². The van der Waals surface area contributed by atoms with E-state index in [0.29, 0.717) is 6.42 Å². The highest BCUT2D eigenvalue weighted by Gasteiger charge is 2.25. The molecular weight excluding hydrogens is 422 g/mol. The summed E-state index contributed by atoms with van der Waals surface area (Å²) in [5.41, 5.74) is 15.7. The lowest BCUT2D eigenvalue weighted by atomic mass is 9.92. The summed E-state index contributed by atoms with van der Waals surface area (Å²) < 4.78 is 5.52. The van der Waals surface area contributed by atoms with E-state index in [2.05, 4.69) is 67.8 Å². The molecule has 0 spiro atoms. The highest BCUT2D eigenvalue weighted by Crippen LogP contribution is 2.32. The van der Waals surface area contributed by atoms with Gasteiger partial charge >= 0.3 is 0 Å². The molecule has 0 aromatic heterocycles. The number of fused-ring (bicyclic) bond motifs is 1. The number of carbonyl (C=O) groups is 1. The maximum atomic E-state index is 13.1. The molecular formula is C29H35N3O2. The number of aryl methyl sites for hydroxylation is 3. The molecule has 2 atom stereocenters. The molecule has 4 N–H and O–H groups in total. The number of ether oxygens (including phenoxy) is 1. The van der Waals surface area contributed by atoms with Crippen molar-refractivity contribution in [1.82, 2.24) is 5.32 Å². The van der Waals surface area contributed by atoms with Crippen LogP contribution in [0.2, 0.25) is 0 Å². The van der Waals surface area contributed by atoms with E-state index in [0.717, 1.165) is 47.5 Å². The topological polar surface area (TPSA) is 76.4 Å². The molecule has 0 saturated heterocycles. The Morgan fingerprint density at radius 3 is 2.59 bits per heavy atom. The molecule has 0 radical (unpaired) electrons. The second kappa shape index (κ2) is 10.3. The number of benzene rings is 3. The van der Waals surface area contributed by atoms with Gasteiger partial charge in [-0.3, -0.25) is 4.79 Å². The van der Waals surface area contributed by atoms with Gasteiger partial charge in [0.15, 0.2) is 0 Å². The van der Waals surface area contributed by atoms with Crippen LogP contribution in [0.4, 0.5) is 5.69 Å². The van der Waals surface area contributed by atoms with Crippen molar-refractivity contribution in [3.05, 3.63) is 93.5 Å². The lowest BCUT2D eigenvalue weighted by molar-refractivity contribution is -0.123. The number of methoxy groups -OCH3 is 1. The van der Waals surface area contributed by atoms with Gasteiger partial charge in [-0.25, -0.2) is 0 Å². The molecule has 5 heteroatoms. The van der Waals surface area contributed by atoms with Crippen LogP contribution in [0.1, 0.15) is 51.4 Å². The van der Waals surface area contributed by atoms with Gasteiger partial charge in [0.1, 0.15) is 5.75 Å². The maximum absolute atomic E-state index is 13.1. The van der Waals surface area contributed by atoms with Gasteiger partial charge in [-0.2, -0.15) is 0 Å². The molecule has 1 aliphatic heterocycles. The summed E-state index contributed by atoms with van der Waals surface area (Å²) in [5, 5.41) is 6.69. The fourth-order valence-electron chi connectivity index (χ4n) is 5.02. The van der Waals surface area contributed by atoms with Crippen LogP contribution in [0.3, 0.4) is 0 Å². The Morgan fingerprint density at radius 1 is 1.12 bits per heavy atom. The number of rotatable bonds is 7. The molecule has 3 aromatic carbocycles. The van der Waals surface area contributed by atoms with Crippen LogP contribution in [0.25, 0.3) is 0 Å². The van der Waals surface area contributed by atoms with E-state index in [1.165, 1.54) is 22.3 Å². The van der Waals surface area contributed by atoms with Gasteiger partial charge in [-0.15, -0.1) is 0 Å². The number of hydrogen-bond donors (Lipinski definition) is 3. The van der Waals surface area contributed by atoms with Crippen LogP contribution in [-0.2, 0) is 17.6 Å². The van der Waals surface area contributed by atoms with E-state index in [1.54, 1.807) is 7.11 Å². The molecule has 34 heavy (non-hydrogen) atoms. The van der Waals surface area contributed by atoms with Gasteiger partial charge in [0.25, 0.3) is 0 Å². The van der Waals surface area contributed by atoms with Crippen molar-refractivity contribution in [2.75, 3.05) is 19.0 Å². The number of carbonyl (C=O) groups excluding carboxylic acids is 1. The van der Waals surface area contributed by atoms with Crippen molar-refractivity contribution in [2.24, 2.45) is 5.73 Å². The quantitative estimate of drug-likeness (QED) is 0.478. The van der Waals surface area contributed by atoms with Crippen molar-refractivity contribution < 1.29 is 9.53 Å². The number of nitrogens with one attached hydrogen (secondary N) is 2. The normalized spacial score (nSPS) is 15.7. The summed E-state index contributed by atoms with van der Waals surface area (Å²) >= 11 is 0. The summed E-state index contributed by atoms with van der Waals surface area (Å²) in [5.74, 6) is 0.781. The minimum Gasteiger partial charge on any atom is -0.496 e. The predicted molar refractivity (Wildman–Crippen MR) is 139 cm³/mol. The van der Waals surface area contributed by atoms with Gasteiger partial charge in [-0.05, 0) is 79.1 Å². The Balaban J connectivity index is 1.50. The van der Waals surface area contributed by atoms with E-state index in [9.17, 15) is 4.79 Å². The van der Waals surface area contributed by atoms with E-state index >= 15 is 0 Å². The minimum atomic E-state index is -0.588. The van der Waals surface area contributed by atoms with E-state index in [4.69, 9.17) is 10.5 Å². The van der Waals surface area contributed by atoms with Crippen LogP contribution in [0.15, 0.2) is 54.6 Å². The van der Waals surface area contributed by atoms with Gasteiger partial charge in [0, 0.05) is 18.7 Å². The number of anilines is 1. The highest BCUT2D eigenvalue weighted by molar-refractivity contribution is 5.82. The molecule has 1 amide bonds. The molecule has 0 bridgehead atoms. The molecule has 5 nitrogen and oxygen atoms in total. The highest BCUT2D eigenvalue weighted by atomic mass is 16.5. The zero-order chi connectivity index (χ0) is 24.2. The summed E-state index contributed by atoms with van der Waals surface area (Å²) in [6.45, 7) is 7.08. The van der Waals surface area contributed by atoms with Gasteiger partial charge < -0.3 is 21.1 Å². The van der Waals surface area contributed by atoms with Crippen LogP contribution in [-0.4, -0.2) is 25.6 Å². The number of amides is 1. The van der Waals surface area contributed by atoms with E-state index in [1.807, 2.05) is 18.2 Å². The second-order valence-electron chi connectivity index (χ2n) is 9.37. The van der Waals surface area contributed by atoms with Crippen LogP contribution in [0.5, 0.6) is 5.75 Å². The second-order valence-corrected chi connectivity index (χ2v) is 9.37. The summed E-state index contributed by atoms with van der Waals surface area (Å²) in [7, 11) is 1.70. The first-order valence-electron chi connectivity index (χ1n) is 12.0. The molecule has 0 saturated carbocycles. The molecule has 0 aliphatic carbocycles. The fourth-order valence-corrected chi connectivity index (χ4v) is 5.02. The smallest absolute Gasteiger partial charge is 0.237 e. The summed E-state index contributed by atoms with van der Waals surface area (Å²) in [4.78, 5) is 13.1. The van der Waals surface area contributed by atoms with Gasteiger partial charge in [-0.1, -0.05) is 48.0 Å². The number of hydrogen-bond acceptors (Lipinski definition) is 4. The Hall–Kier alpha value is -3.31. The van der Waals surface area contributed by atoms with Crippen LogP contribution in [0, 0.1) is 20.8 Å². The number of para-hydroxylation sites is 1. The average Bonchev–Trinajstić information content (AvgIpc) is 2.82. The molecule has 0 fully saturated rings. The molecule has 0 unspecified atom stereocenters. The van der Waals surface area contributed by atoms with Gasteiger partial charge in [0.2, 0.25) is 5.91 Å². The molecule has 1 aliphatic rings. The van der Waals surface area contributed by atoms with E-state index in [-0.39, 0.29) is 11.9 Å². The minimum absolute atomic E-state index is 0.0624. The van der Waals surface area contributed by atoms with Crippen LogP contribution >= 0.6 is 0 Å². The van der Waals surface area contributed by atoms with Crippen molar-refractivity contribution in [3.8, 4) is 5.75 Å². The molecule has 178 valence electrons. The monoisotopic (exact) mass is 457 g/mol. The molecule has 1 heterocycles. The van der Waals surface area contributed by atoms with Crippen molar-refractivity contribution in [3.63, 3.8) is 0 Å².